The van der Waals surface area contributed by atoms with Crippen molar-refractivity contribution in [3.63, 3.8) is 0 Å². The van der Waals surface area contributed by atoms with Crippen LogP contribution in [0.4, 0.5) is 11.4 Å². The molecule has 1 saturated heterocycles. The van der Waals surface area contributed by atoms with Gasteiger partial charge in [-0.2, -0.15) is 0 Å². The molecule has 0 spiro atoms. The van der Waals surface area contributed by atoms with E-state index in [-0.39, 0.29) is 11.8 Å². The third-order valence-corrected chi connectivity index (χ3v) is 3.81. The van der Waals surface area contributed by atoms with Crippen molar-refractivity contribution in [3.05, 3.63) is 22.7 Å². The lowest BCUT2D eigenvalue weighted by Gasteiger charge is -2.34. The quantitative estimate of drug-likeness (QED) is 0.805. The Bertz CT molecular complexity index is 476. The number of hydrogen-bond donors (Lipinski definition) is 2. The number of carbonyl (C=O) groups excluding carboxylic acids is 1. The fourth-order valence-corrected chi connectivity index (χ4v) is 2.62. The number of nitrogens with zero attached hydrogens (tertiary/aromatic N) is 1. The average molecular weight is 268 g/mol. The summed E-state index contributed by atoms with van der Waals surface area (Å²) in [6.07, 6.45) is 1.84. The van der Waals surface area contributed by atoms with Gasteiger partial charge in [-0.15, -0.1) is 0 Å². The summed E-state index contributed by atoms with van der Waals surface area (Å²) in [6, 6.07) is 3.74. The van der Waals surface area contributed by atoms with Gasteiger partial charge in [0.15, 0.2) is 0 Å². The Morgan fingerprint density at radius 3 is 2.89 bits per heavy atom. The van der Waals surface area contributed by atoms with Crippen molar-refractivity contribution in [1.82, 2.24) is 0 Å². The Kier molecular flexibility index (Phi) is 3.66. The maximum atomic E-state index is 11.3. The molecule has 1 aromatic carbocycles. The average Bonchev–Trinajstić information content (AvgIpc) is 2.34. The number of nitrogens with two attached hydrogens (primary N) is 2. The van der Waals surface area contributed by atoms with E-state index in [1.165, 1.54) is 0 Å². The van der Waals surface area contributed by atoms with E-state index in [4.69, 9.17) is 23.1 Å². The van der Waals surface area contributed by atoms with Crippen LogP contribution in [0.1, 0.15) is 18.4 Å². The number of carbonyl (C=O) groups is 1. The van der Waals surface area contributed by atoms with Gasteiger partial charge in [-0.05, 0) is 37.5 Å². The summed E-state index contributed by atoms with van der Waals surface area (Å²) in [5.41, 5.74) is 13.9. The van der Waals surface area contributed by atoms with Gasteiger partial charge in [0.05, 0.1) is 16.6 Å². The van der Waals surface area contributed by atoms with Gasteiger partial charge in [-0.3, -0.25) is 4.79 Å². The molecule has 1 aromatic rings. The molecule has 0 saturated carbocycles. The lowest BCUT2D eigenvalue weighted by molar-refractivity contribution is -0.122. The lowest BCUT2D eigenvalue weighted by atomic mass is 9.96. The number of nitrogen functional groups attached to an aromatic ring is 1. The Balaban J connectivity index is 2.26. The van der Waals surface area contributed by atoms with E-state index in [9.17, 15) is 4.79 Å². The van der Waals surface area contributed by atoms with Gasteiger partial charge in [-0.1, -0.05) is 11.6 Å². The second-order valence-corrected chi connectivity index (χ2v) is 5.25. The summed E-state index contributed by atoms with van der Waals surface area (Å²) in [4.78, 5) is 13.5. The Morgan fingerprint density at radius 2 is 2.22 bits per heavy atom. The van der Waals surface area contributed by atoms with Crippen LogP contribution in [0.25, 0.3) is 0 Å². The van der Waals surface area contributed by atoms with Gasteiger partial charge >= 0.3 is 0 Å². The van der Waals surface area contributed by atoms with Crippen molar-refractivity contribution in [2.45, 2.75) is 19.8 Å². The number of halogens is 1. The predicted molar refractivity (Wildman–Crippen MR) is 74.7 cm³/mol. The van der Waals surface area contributed by atoms with Crippen molar-refractivity contribution in [2.75, 3.05) is 23.7 Å². The topological polar surface area (TPSA) is 72.3 Å². The number of piperidine rings is 1. The number of rotatable bonds is 2. The van der Waals surface area contributed by atoms with E-state index in [0.29, 0.717) is 17.3 Å². The summed E-state index contributed by atoms with van der Waals surface area (Å²) in [7, 11) is 0. The normalized spacial score (nSPS) is 19.9. The number of aryl methyl sites for hydroxylation is 1. The van der Waals surface area contributed by atoms with Crippen molar-refractivity contribution >= 4 is 28.9 Å². The first-order valence-electron chi connectivity index (χ1n) is 6.09. The van der Waals surface area contributed by atoms with E-state index >= 15 is 0 Å². The molecule has 0 aromatic heterocycles. The van der Waals surface area contributed by atoms with Gasteiger partial charge < -0.3 is 16.4 Å². The molecule has 2 rings (SSSR count). The van der Waals surface area contributed by atoms with Gasteiger partial charge in [0.2, 0.25) is 5.91 Å². The molecule has 98 valence electrons. The number of benzene rings is 1. The molecular formula is C13H18ClN3O. The van der Waals surface area contributed by atoms with Gasteiger partial charge in [-0.25, -0.2) is 0 Å². The van der Waals surface area contributed by atoms with E-state index < -0.39 is 0 Å². The molecule has 0 aliphatic carbocycles. The van der Waals surface area contributed by atoms with Crippen molar-refractivity contribution in [1.29, 1.82) is 0 Å². The van der Waals surface area contributed by atoms with Crippen molar-refractivity contribution < 1.29 is 4.79 Å². The number of amides is 1. The first-order valence-corrected chi connectivity index (χ1v) is 6.46. The summed E-state index contributed by atoms with van der Waals surface area (Å²) >= 11 is 6.06. The van der Waals surface area contributed by atoms with Crippen molar-refractivity contribution in [3.8, 4) is 0 Å². The maximum absolute atomic E-state index is 11.3. The Labute approximate surface area is 112 Å². The van der Waals surface area contributed by atoms with E-state index in [1.807, 2.05) is 19.1 Å². The molecule has 1 aliphatic heterocycles. The lowest BCUT2D eigenvalue weighted by Crippen LogP contribution is -2.41. The van der Waals surface area contributed by atoms with Gasteiger partial charge in [0, 0.05) is 18.8 Å². The van der Waals surface area contributed by atoms with E-state index in [2.05, 4.69) is 4.90 Å². The molecule has 5 heteroatoms. The molecule has 1 amide bonds. The van der Waals surface area contributed by atoms with Gasteiger partial charge in [0.1, 0.15) is 0 Å². The van der Waals surface area contributed by atoms with Crippen LogP contribution in [-0.4, -0.2) is 19.0 Å². The first kappa shape index (κ1) is 13.0. The fraction of sp³-hybridized carbons (Fsp3) is 0.462. The molecule has 0 bridgehead atoms. The zero-order valence-electron chi connectivity index (χ0n) is 10.4. The number of anilines is 2. The molecule has 1 fully saturated rings. The second kappa shape index (κ2) is 5.06. The monoisotopic (exact) mass is 267 g/mol. The summed E-state index contributed by atoms with van der Waals surface area (Å²) in [5.74, 6) is -0.298. The summed E-state index contributed by atoms with van der Waals surface area (Å²) in [5, 5.41) is 0.553. The van der Waals surface area contributed by atoms with Crippen LogP contribution in [-0.2, 0) is 4.79 Å². The number of primary amides is 1. The van der Waals surface area contributed by atoms with Crippen LogP contribution in [0.5, 0.6) is 0 Å². The molecule has 1 heterocycles. The Hall–Kier alpha value is -1.42. The minimum absolute atomic E-state index is 0.0746. The molecule has 18 heavy (non-hydrogen) atoms. The third-order valence-electron chi connectivity index (χ3n) is 3.48. The molecular weight excluding hydrogens is 250 g/mol. The summed E-state index contributed by atoms with van der Waals surface area (Å²) in [6.45, 7) is 3.58. The highest BCUT2D eigenvalue weighted by atomic mass is 35.5. The van der Waals surface area contributed by atoms with Crippen LogP contribution in [0.3, 0.4) is 0 Å². The minimum atomic E-state index is -0.223. The fourth-order valence-electron chi connectivity index (χ4n) is 2.46. The van der Waals surface area contributed by atoms with Crippen LogP contribution >= 0.6 is 11.6 Å². The standard InChI is InChI=1S/C13H18ClN3O/c1-8-5-11(15)10(14)6-12(8)17-4-2-3-9(7-17)13(16)18/h5-6,9H,2-4,7,15H2,1H3,(H2,16,18). The molecule has 4 N–H and O–H groups in total. The highest BCUT2D eigenvalue weighted by molar-refractivity contribution is 6.33. The maximum Gasteiger partial charge on any atom is 0.222 e. The molecule has 1 unspecified atom stereocenters. The molecule has 4 nitrogen and oxygen atoms in total. The summed E-state index contributed by atoms with van der Waals surface area (Å²) < 4.78 is 0. The predicted octanol–water partition coefficient (Wildman–Crippen LogP) is 1.93. The van der Waals surface area contributed by atoms with Crippen LogP contribution in [0.15, 0.2) is 12.1 Å². The van der Waals surface area contributed by atoms with Crippen LogP contribution in [0.2, 0.25) is 5.02 Å². The molecule has 0 radical (unpaired) electrons. The van der Waals surface area contributed by atoms with Crippen molar-refractivity contribution in [2.24, 2.45) is 11.7 Å². The molecule has 1 aliphatic rings. The van der Waals surface area contributed by atoms with E-state index in [1.54, 1.807) is 0 Å². The Morgan fingerprint density at radius 1 is 1.50 bits per heavy atom. The molecule has 1 atom stereocenters. The smallest absolute Gasteiger partial charge is 0.222 e. The zero-order valence-corrected chi connectivity index (χ0v) is 11.2. The largest absolute Gasteiger partial charge is 0.398 e. The van der Waals surface area contributed by atoms with Crippen LogP contribution in [0, 0.1) is 12.8 Å². The zero-order chi connectivity index (χ0) is 13.3. The number of hydrogen-bond acceptors (Lipinski definition) is 3. The van der Waals surface area contributed by atoms with E-state index in [0.717, 1.165) is 30.6 Å². The third kappa shape index (κ3) is 2.53. The SMILES string of the molecule is Cc1cc(N)c(Cl)cc1N1CCCC(C(N)=O)C1. The van der Waals surface area contributed by atoms with Crippen LogP contribution < -0.4 is 16.4 Å². The van der Waals surface area contributed by atoms with Gasteiger partial charge in [0.25, 0.3) is 0 Å². The highest BCUT2D eigenvalue weighted by Crippen LogP contribution is 2.31. The minimum Gasteiger partial charge on any atom is -0.398 e. The first-order chi connectivity index (χ1) is 8.49. The second-order valence-electron chi connectivity index (χ2n) is 4.85. The highest BCUT2D eigenvalue weighted by Gasteiger charge is 2.25.